The lowest BCUT2D eigenvalue weighted by Crippen LogP contribution is -2.45. The van der Waals surface area contributed by atoms with Crippen molar-refractivity contribution in [1.82, 2.24) is 20.0 Å². The Hall–Kier alpha value is -3.01. The monoisotopic (exact) mass is 562 g/mol. The Labute approximate surface area is 240 Å². The van der Waals surface area contributed by atoms with Crippen LogP contribution in [0.2, 0.25) is 0 Å². The molecule has 2 atom stereocenters. The van der Waals surface area contributed by atoms with Gasteiger partial charge in [0, 0.05) is 44.8 Å². The van der Waals surface area contributed by atoms with Gasteiger partial charge in [-0.25, -0.2) is 14.4 Å². The molecule has 1 N–H and O–H groups in total. The van der Waals surface area contributed by atoms with Crippen LogP contribution < -0.4 is 5.32 Å². The van der Waals surface area contributed by atoms with Gasteiger partial charge in [0.1, 0.15) is 17.8 Å². The number of rotatable bonds is 2. The highest BCUT2D eigenvalue weighted by Gasteiger charge is 2.31. The second-order valence-corrected chi connectivity index (χ2v) is 12.5. The van der Waals surface area contributed by atoms with Gasteiger partial charge in [0.2, 0.25) is 0 Å². The average Bonchev–Trinajstić information content (AvgIpc) is 3.19. The van der Waals surface area contributed by atoms with E-state index in [1.54, 1.807) is 14.7 Å². The van der Waals surface area contributed by atoms with Crippen molar-refractivity contribution in [3.8, 4) is 0 Å². The Kier molecular flexibility index (Phi) is 12.5. The van der Waals surface area contributed by atoms with Gasteiger partial charge in [-0.05, 0) is 80.3 Å². The zero-order chi connectivity index (χ0) is 29.9. The van der Waals surface area contributed by atoms with Crippen LogP contribution in [-0.4, -0.2) is 95.5 Å². The molecular formula is C30H50N4O6. The number of hydrogen-bond acceptors (Lipinski definition) is 7. The van der Waals surface area contributed by atoms with E-state index in [1.807, 2.05) is 78.8 Å². The van der Waals surface area contributed by atoms with Crippen molar-refractivity contribution in [1.29, 1.82) is 0 Å². The van der Waals surface area contributed by atoms with Gasteiger partial charge in [0.15, 0.2) is 0 Å². The summed E-state index contributed by atoms with van der Waals surface area (Å²) in [4.78, 5) is 41.6. The number of hydrogen-bond donors (Lipinski definition) is 1. The quantitative estimate of drug-likeness (QED) is 0.491. The Morgan fingerprint density at radius 1 is 0.800 bits per heavy atom. The lowest BCUT2D eigenvalue weighted by Gasteiger charge is -2.30. The molecule has 0 saturated carbocycles. The summed E-state index contributed by atoms with van der Waals surface area (Å²) < 4.78 is 16.2. The van der Waals surface area contributed by atoms with E-state index in [2.05, 4.69) is 12.2 Å². The number of ether oxygens (including phenoxy) is 3. The average molecular weight is 563 g/mol. The van der Waals surface area contributed by atoms with Crippen LogP contribution in [0.15, 0.2) is 30.3 Å². The van der Waals surface area contributed by atoms with E-state index in [1.165, 1.54) is 0 Å². The minimum absolute atomic E-state index is 0.127. The van der Waals surface area contributed by atoms with Crippen molar-refractivity contribution in [2.75, 3.05) is 39.3 Å². The molecule has 2 fully saturated rings. The highest BCUT2D eigenvalue weighted by Crippen LogP contribution is 2.16. The number of nitrogens with zero attached hydrogens (tertiary/aromatic N) is 3. The molecule has 10 heteroatoms. The highest BCUT2D eigenvalue weighted by molar-refractivity contribution is 5.70. The predicted molar refractivity (Wildman–Crippen MR) is 155 cm³/mol. The van der Waals surface area contributed by atoms with Crippen LogP contribution in [0, 0.1) is 0 Å². The third-order valence-corrected chi connectivity index (χ3v) is 6.18. The lowest BCUT2D eigenvalue weighted by molar-refractivity contribution is 0.0226. The summed E-state index contributed by atoms with van der Waals surface area (Å²) in [5.74, 6) is 0. The first kappa shape index (κ1) is 33.2. The smallest absolute Gasteiger partial charge is 0.410 e. The lowest BCUT2D eigenvalue weighted by atomic mass is 10.2. The third-order valence-electron chi connectivity index (χ3n) is 6.18. The molecule has 2 heterocycles. The molecule has 0 aliphatic carbocycles. The molecule has 2 aliphatic rings. The molecular weight excluding hydrogens is 512 g/mol. The van der Waals surface area contributed by atoms with Crippen molar-refractivity contribution in [3.63, 3.8) is 0 Å². The van der Waals surface area contributed by atoms with Gasteiger partial charge in [-0.3, -0.25) is 0 Å². The maximum absolute atomic E-state index is 12.4. The summed E-state index contributed by atoms with van der Waals surface area (Å²) in [5, 5.41) is 3.34. The van der Waals surface area contributed by atoms with Crippen LogP contribution in [0.3, 0.4) is 0 Å². The summed E-state index contributed by atoms with van der Waals surface area (Å²) in [5.41, 5.74) is 0.0229. The van der Waals surface area contributed by atoms with Crippen LogP contribution in [0.4, 0.5) is 14.4 Å². The normalized spacial score (nSPS) is 20.4. The van der Waals surface area contributed by atoms with Gasteiger partial charge in [-0.1, -0.05) is 30.3 Å². The molecule has 0 aromatic heterocycles. The molecule has 0 bridgehead atoms. The highest BCUT2D eigenvalue weighted by atomic mass is 16.6. The minimum atomic E-state index is -0.527. The fourth-order valence-corrected chi connectivity index (χ4v) is 4.32. The first-order valence-corrected chi connectivity index (χ1v) is 14.3. The molecule has 0 unspecified atom stereocenters. The number of carbonyl (C=O) groups excluding carboxylic acids is 3. The molecule has 0 radical (unpaired) electrons. The Bertz CT molecular complexity index is 944. The van der Waals surface area contributed by atoms with Gasteiger partial charge in [0.25, 0.3) is 0 Å². The van der Waals surface area contributed by atoms with Crippen LogP contribution in [-0.2, 0) is 20.8 Å². The zero-order valence-corrected chi connectivity index (χ0v) is 25.7. The Morgan fingerprint density at radius 2 is 1.35 bits per heavy atom. The van der Waals surface area contributed by atoms with Crippen molar-refractivity contribution in [2.45, 2.75) is 98.1 Å². The van der Waals surface area contributed by atoms with Gasteiger partial charge in [-0.15, -0.1) is 0 Å². The maximum atomic E-state index is 12.4. The molecule has 1 aromatic carbocycles. The molecule has 40 heavy (non-hydrogen) atoms. The number of benzene rings is 1. The Morgan fingerprint density at radius 3 is 1.93 bits per heavy atom. The van der Waals surface area contributed by atoms with Gasteiger partial charge in [-0.2, -0.15) is 0 Å². The van der Waals surface area contributed by atoms with Gasteiger partial charge >= 0.3 is 18.3 Å². The van der Waals surface area contributed by atoms with Crippen molar-refractivity contribution in [2.24, 2.45) is 0 Å². The van der Waals surface area contributed by atoms with Crippen LogP contribution in [0.1, 0.15) is 73.8 Å². The van der Waals surface area contributed by atoms with Gasteiger partial charge < -0.3 is 34.2 Å². The van der Waals surface area contributed by atoms with Crippen LogP contribution in [0.5, 0.6) is 0 Å². The van der Waals surface area contributed by atoms with E-state index < -0.39 is 11.2 Å². The van der Waals surface area contributed by atoms with Gasteiger partial charge in [0.05, 0.1) is 0 Å². The van der Waals surface area contributed by atoms with Crippen LogP contribution in [0.25, 0.3) is 0 Å². The molecule has 3 amide bonds. The maximum Gasteiger partial charge on any atom is 0.410 e. The molecule has 2 saturated heterocycles. The van der Waals surface area contributed by atoms with Crippen molar-refractivity contribution in [3.05, 3.63) is 35.9 Å². The Balaban J connectivity index is 0.000000319. The minimum Gasteiger partial charge on any atom is -0.445 e. The molecule has 3 rings (SSSR count). The van der Waals surface area contributed by atoms with E-state index >= 15 is 0 Å². The van der Waals surface area contributed by atoms with Crippen LogP contribution >= 0.6 is 0 Å². The fraction of sp³-hybridized carbons (Fsp3) is 0.700. The fourth-order valence-electron chi connectivity index (χ4n) is 4.32. The zero-order valence-electron chi connectivity index (χ0n) is 25.7. The topological polar surface area (TPSA) is 101 Å². The third kappa shape index (κ3) is 12.4. The number of carbonyl (C=O) groups is 3. The van der Waals surface area contributed by atoms with E-state index in [9.17, 15) is 14.4 Å². The summed E-state index contributed by atoms with van der Waals surface area (Å²) in [6.07, 6.45) is 0.812. The van der Waals surface area contributed by atoms with Crippen molar-refractivity contribution < 1.29 is 28.6 Å². The summed E-state index contributed by atoms with van der Waals surface area (Å²) >= 11 is 0. The van der Waals surface area contributed by atoms with E-state index in [4.69, 9.17) is 14.2 Å². The van der Waals surface area contributed by atoms with Crippen molar-refractivity contribution >= 4 is 18.3 Å². The summed E-state index contributed by atoms with van der Waals surface area (Å²) in [6.45, 7) is 19.5. The number of nitrogens with one attached hydrogen (secondary N) is 1. The molecule has 0 spiro atoms. The second kappa shape index (κ2) is 15.1. The second-order valence-electron chi connectivity index (χ2n) is 12.5. The SMILES string of the molecule is C[C@H]1CN(C(=O)OC(C)(C)C)CCCN1.C[C@H]1CN(C(=O)OC(C)(C)C)CCCN1C(=O)OCc1ccccc1. The van der Waals surface area contributed by atoms with E-state index in [0.717, 1.165) is 31.6 Å². The molecule has 1 aromatic rings. The number of amides is 3. The largest absolute Gasteiger partial charge is 0.445 e. The molecule has 10 nitrogen and oxygen atoms in total. The first-order chi connectivity index (χ1) is 18.6. The van der Waals surface area contributed by atoms with E-state index in [0.29, 0.717) is 32.1 Å². The molecule has 226 valence electrons. The van der Waals surface area contributed by atoms with E-state index in [-0.39, 0.29) is 30.9 Å². The first-order valence-electron chi connectivity index (χ1n) is 14.3. The summed E-state index contributed by atoms with van der Waals surface area (Å²) in [6, 6.07) is 9.81. The predicted octanol–water partition coefficient (Wildman–Crippen LogP) is 5.26. The standard InChI is InChI=1S/C19H28N2O4.C11H22N2O2/c1-15-13-20(17(22)25-19(2,3)4)11-8-12-21(15)18(23)24-14-16-9-6-5-7-10-16;1-9-8-13(7-5-6-12-9)10(14)15-11(2,3)4/h5-7,9-10,15H,8,11-14H2,1-4H3;9,12H,5-8H2,1-4H3/t15-;9-/m00/s1. The summed E-state index contributed by atoms with van der Waals surface area (Å²) in [7, 11) is 0. The molecule has 2 aliphatic heterocycles.